The van der Waals surface area contributed by atoms with Crippen LogP contribution in [0.25, 0.3) is 0 Å². The molecule has 0 aliphatic rings. The fraction of sp³-hybridized carbons (Fsp3) is 0.316. The first-order valence-electron chi connectivity index (χ1n) is 8.11. The highest BCUT2D eigenvalue weighted by molar-refractivity contribution is 5.73. The molecule has 2 aromatic carbocycles. The first-order chi connectivity index (χ1) is 11.7. The van der Waals surface area contributed by atoms with Crippen LogP contribution in [-0.2, 0) is 6.54 Å². The molecular formula is C19H24N2O3. The van der Waals surface area contributed by atoms with E-state index in [-0.39, 0.29) is 6.03 Å². The van der Waals surface area contributed by atoms with Crippen molar-refractivity contribution < 1.29 is 14.3 Å². The van der Waals surface area contributed by atoms with E-state index in [1.165, 1.54) is 0 Å². The highest BCUT2D eigenvalue weighted by Crippen LogP contribution is 2.19. The first kappa shape index (κ1) is 17.7. The van der Waals surface area contributed by atoms with Crippen molar-refractivity contribution in [3.63, 3.8) is 0 Å². The maximum Gasteiger partial charge on any atom is 0.315 e. The summed E-state index contributed by atoms with van der Waals surface area (Å²) in [5.41, 5.74) is 2.27. The molecule has 2 N–H and O–H groups in total. The minimum absolute atomic E-state index is 0.204. The first-order valence-corrected chi connectivity index (χ1v) is 8.11. The Bertz CT molecular complexity index is 659. The molecule has 0 aliphatic heterocycles. The molecular weight excluding hydrogens is 304 g/mol. The Hall–Kier alpha value is -2.69. The molecule has 0 heterocycles. The minimum Gasteiger partial charge on any atom is -0.494 e. The van der Waals surface area contributed by atoms with E-state index in [2.05, 4.69) is 10.6 Å². The summed E-state index contributed by atoms with van der Waals surface area (Å²) in [6.07, 6.45) is 0. The highest BCUT2D eigenvalue weighted by Gasteiger charge is 2.02. The molecule has 0 saturated heterocycles. The predicted molar refractivity (Wildman–Crippen MR) is 94.5 cm³/mol. The Morgan fingerprint density at radius 2 is 1.75 bits per heavy atom. The van der Waals surface area contributed by atoms with Crippen LogP contribution in [0.15, 0.2) is 48.5 Å². The zero-order chi connectivity index (χ0) is 17.2. The van der Waals surface area contributed by atoms with E-state index in [1.54, 1.807) is 0 Å². The number of carbonyl (C=O) groups is 1. The number of benzene rings is 2. The van der Waals surface area contributed by atoms with E-state index < -0.39 is 0 Å². The van der Waals surface area contributed by atoms with E-state index >= 15 is 0 Å². The maximum absolute atomic E-state index is 11.8. The summed E-state index contributed by atoms with van der Waals surface area (Å²) < 4.78 is 11.0. The molecule has 24 heavy (non-hydrogen) atoms. The largest absolute Gasteiger partial charge is 0.494 e. The standard InChI is InChI=1S/C19H24N2O3/c1-3-23-17-9-6-10-18(13-17)24-12-11-20-19(22)21-14-16-8-5-4-7-15(16)2/h4-10,13H,3,11-12,14H2,1-2H3,(H2,20,21,22). The monoisotopic (exact) mass is 328 g/mol. The normalized spacial score (nSPS) is 10.1. The number of carbonyl (C=O) groups excluding carboxylic acids is 1. The van der Waals surface area contributed by atoms with Gasteiger partial charge in [-0.1, -0.05) is 30.3 Å². The molecule has 5 nitrogen and oxygen atoms in total. The number of ether oxygens (including phenoxy) is 2. The van der Waals surface area contributed by atoms with E-state index in [1.807, 2.05) is 62.4 Å². The average Bonchev–Trinajstić information content (AvgIpc) is 2.59. The van der Waals surface area contributed by atoms with Crippen LogP contribution >= 0.6 is 0 Å². The Morgan fingerprint density at radius 3 is 2.50 bits per heavy atom. The van der Waals surface area contributed by atoms with Crippen LogP contribution < -0.4 is 20.1 Å². The molecule has 0 spiro atoms. The van der Waals surface area contributed by atoms with E-state index in [0.717, 1.165) is 22.6 Å². The van der Waals surface area contributed by atoms with Gasteiger partial charge in [0.05, 0.1) is 13.2 Å². The Kier molecular flexibility index (Phi) is 6.95. The average molecular weight is 328 g/mol. The lowest BCUT2D eigenvalue weighted by Crippen LogP contribution is -2.37. The van der Waals surface area contributed by atoms with Gasteiger partial charge in [-0.25, -0.2) is 4.79 Å². The van der Waals surface area contributed by atoms with Gasteiger partial charge in [-0.05, 0) is 37.1 Å². The minimum atomic E-state index is -0.204. The second-order valence-corrected chi connectivity index (χ2v) is 5.29. The van der Waals surface area contributed by atoms with Gasteiger partial charge in [0, 0.05) is 12.6 Å². The van der Waals surface area contributed by atoms with Gasteiger partial charge in [0.2, 0.25) is 0 Å². The molecule has 2 aromatic rings. The molecule has 0 bridgehead atoms. The Morgan fingerprint density at radius 1 is 1.00 bits per heavy atom. The number of nitrogens with one attached hydrogen (secondary N) is 2. The van der Waals surface area contributed by atoms with Crippen LogP contribution in [0.4, 0.5) is 4.79 Å². The molecule has 5 heteroatoms. The highest BCUT2D eigenvalue weighted by atomic mass is 16.5. The van der Waals surface area contributed by atoms with Crippen LogP contribution in [0.2, 0.25) is 0 Å². The van der Waals surface area contributed by atoms with E-state index in [0.29, 0.717) is 26.3 Å². The summed E-state index contributed by atoms with van der Waals surface area (Å²) in [4.78, 5) is 11.8. The molecule has 0 saturated carbocycles. The van der Waals surface area contributed by atoms with Crippen molar-refractivity contribution in [2.75, 3.05) is 19.8 Å². The Labute approximate surface area is 143 Å². The number of aryl methyl sites for hydroxylation is 1. The lowest BCUT2D eigenvalue weighted by atomic mass is 10.1. The summed E-state index contributed by atoms with van der Waals surface area (Å²) in [5, 5.41) is 5.61. The van der Waals surface area contributed by atoms with Crippen LogP contribution in [0.1, 0.15) is 18.1 Å². The van der Waals surface area contributed by atoms with Gasteiger partial charge in [0.1, 0.15) is 18.1 Å². The number of hydrogen-bond acceptors (Lipinski definition) is 3. The third kappa shape index (κ3) is 5.83. The quantitative estimate of drug-likeness (QED) is 0.731. The van der Waals surface area contributed by atoms with Crippen molar-refractivity contribution in [3.8, 4) is 11.5 Å². The SMILES string of the molecule is CCOc1cccc(OCCNC(=O)NCc2ccccc2C)c1. The van der Waals surface area contributed by atoms with Crippen LogP contribution in [-0.4, -0.2) is 25.8 Å². The molecule has 128 valence electrons. The van der Waals surface area contributed by atoms with Gasteiger partial charge >= 0.3 is 6.03 Å². The van der Waals surface area contributed by atoms with Gasteiger partial charge in [-0.2, -0.15) is 0 Å². The van der Waals surface area contributed by atoms with Crippen molar-refractivity contribution in [2.45, 2.75) is 20.4 Å². The third-order valence-electron chi connectivity index (χ3n) is 3.47. The lowest BCUT2D eigenvalue weighted by Gasteiger charge is -2.11. The van der Waals surface area contributed by atoms with Crippen LogP contribution in [0.3, 0.4) is 0 Å². The van der Waals surface area contributed by atoms with Crippen molar-refractivity contribution in [2.24, 2.45) is 0 Å². The number of hydrogen-bond donors (Lipinski definition) is 2. The fourth-order valence-electron chi connectivity index (χ4n) is 2.20. The van der Waals surface area contributed by atoms with E-state index in [9.17, 15) is 4.79 Å². The maximum atomic E-state index is 11.8. The van der Waals surface area contributed by atoms with Crippen LogP contribution in [0, 0.1) is 6.92 Å². The molecule has 0 radical (unpaired) electrons. The molecule has 0 atom stereocenters. The summed E-state index contributed by atoms with van der Waals surface area (Å²) >= 11 is 0. The fourth-order valence-corrected chi connectivity index (χ4v) is 2.20. The second kappa shape index (κ2) is 9.45. The van der Waals surface area contributed by atoms with Crippen molar-refractivity contribution in [1.29, 1.82) is 0 Å². The molecule has 0 aliphatic carbocycles. The predicted octanol–water partition coefficient (Wildman–Crippen LogP) is 3.27. The topological polar surface area (TPSA) is 59.6 Å². The Balaban J connectivity index is 1.66. The summed E-state index contributed by atoms with van der Waals surface area (Å²) in [6, 6.07) is 15.2. The van der Waals surface area contributed by atoms with Crippen molar-refractivity contribution >= 4 is 6.03 Å². The molecule has 2 amide bonds. The zero-order valence-electron chi connectivity index (χ0n) is 14.2. The van der Waals surface area contributed by atoms with E-state index in [4.69, 9.17) is 9.47 Å². The molecule has 0 aromatic heterocycles. The molecule has 2 rings (SSSR count). The van der Waals surface area contributed by atoms with Crippen LogP contribution in [0.5, 0.6) is 11.5 Å². The van der Waals surface area contributed by atoms with Gasteiger partial charge < -0.3 is 20.1 Å². The number of amides is 2. The van der Waals surface area contributed by atoms with Gasteiger partial charge in [-0.15, -0.1) is 0 Å². The molecule has 0 unspecified atom stereocenters. The lowest BCUT2D eigenvalue weighted by molar-refractivity contribution is 0.236. The van der Waals surface area contributed by atoms with Gasteiger partial charge in [-0.3, -0.25) is 0 Å². The van der Waals surface area contributed by atoms with Gasteiger partial charge in [0.25, 0.3) is 0 Å². The number of urea groups is 1. The summed E-state index contributed by atoms with van der Waals surface area (Å²) in [7, 11) is 0. The van der Waals surface area contributed by atoms with Gasteiger partial charge in [0.15, 0.2) is 0 Å². The smallest absolute Gasteiger partial charge is 0.315 e. The third-order valence-corrected chi connectivity index (χ3v) is 3.47. The zero-order valence-corrected chi connectivity index (χ0v) is 14.2. The summed E-state index contributed by atoms with van der Waals surface area (Å²) in [6.45, 7) is 5.92. The molecule has 0 fully saturated rings. The summed E-state index contributed by atoms with van der Waals surface area (Å²) in [5.74, 6) is 1.50. The second-order valence-electron chi connectivity index (χ2n) is 5.29. The number of rotatable bonds is 8. The van der Waals surface area contributed by atoms with Crippen molar-refractivity contribution in [1.82, 2.24) is 10.6 Å². The van der Waals surface area contributed by atoms with Crippen molar-refractivity contribution in [3.05, 3.63) is 59.7 Å².